The van der Waals surface area contributed by atoms with E-state index in [0.717, 1.165) is 68.0 Å². The zero-order valence-electron chi connectivity index (χ0n) is 14.7. The maximum absolute atomic E-state index is 12.3. The second kappa shape index (κ2) is 7.81. The molecule has 1 aliphatic heterocycles. The van der Waals surface area contributed by atoms with Crippen LogP contribution in [0.15, 0.2) is 18.2 Å². The van der Waals surface area contributed by atoms with E-state index in [1.807, 2.05) is 6.92 Å². The van der Waals surface area contributed by atoms with Crippen LogP contribution in [-0.2, 0) is 16.0 Å². The molecule has 1 aromatic carbocycles. The van der Waals surface area contributed by atoms with Gasteiger partial charge in [0.25, 0.3) is 0 Å². The van der Waals surface area contributed by atoms with E-state index < -0.39 is 0 Å². The molecule has 5 nitrogen and oxygen atoms in total. The fourth-order valence-corrected chi connectivity index (χ4v) is 3.30. The molecule has 3 rings (SSSR count). The molecule has 2 heterocycles. The standard InChI is InChI=1S/C19H27N3O2/c1-14-4-5-18-17(12-14)16(15(2)21-18)13-19(23)20-6-3-7-22-8-10-24-11-9-22/h4-5,12,21H,3,6-11,13H2,1-2H3,(H,20,23). The number of H-pyrrole nitrogens is 1. The van der Waals surface area contributed by atoms with Crippen molar-refractivity contribution in [2.75, 3.05) is 39.4 Å². The van der Waals surface area contributed by atoms with Crippen LogP contribution in [0.1, 0.15) is 23.2 Å². The van der Waals surface area contributed by atoms with Crippen LogP contribution in [0.2, 0.25) is 0 Å². The Balaban J connectivity index is 1.50. The summed E-state index contributed by atoms with van der Waals surface area (Å²) in [6.45, 7) is 9.53. The number of morpholine rings is 1. The summed E-state index contributed by atoms with van der Waals surface area (Å²) < 4.78 is 5.34. The number of aromatic nitrogens is 1. The van der Waals surface area contributed by atoms with Crippen LogP contribution in [0, 0.1) is 13.8 Å². The van der Waals surface area contributed by atoms with Gasteiger partial charge in [-0.25, -0.2) is 0 Å². The summed E-state index contributed by atoms with van der Waals surface area (Å²) in [6, 6.07) is 6.33. The first kappa shape index (κ1) is 17.0. The molecular formula is C19H27N3O2. The number of carbonyl (C=O) groups is 1. The predicted molar refractivity (Wildman–Crippen MR) is 96.4 cm³/mol. The summed E-state index contributed by atoms with van der Waals surface area (Å²) in [6.07, 6.45) is 1.42. The third kappa shape index (κ3) is 4.16. The summed E-state index contributed by atoms with van der Waals surface area (Å²) in [5.74, 6) is 0.0995. The number of rotatable bonds is 6. The lowest BCUT2D eigenvalue weighted by Gasteiger charge is -2.26. The van der Waals surface area contributed by atoms with Gasteiger partial charge in [0.1, 0.15) is 0 Å². The minimum atomic E-state index is 0.0995. The minimum absolute atomic E-state index is 0.0995. The normalized spacial score (nSPS) is 15.8. The second-order valence-corrected chi connectivity index (χ2v) is 6.61. The van der Waals surface area contributed by atoms with E-state index in [1.165, 1.54) is 5.56 Å². The molecule has 0 bridgehead atoms. The number of benzene rings is 1. The first-order chi connectivity index (χ1) is 11.6. The molecule has 5 heteroatoms. The number of aromatic amines is 1. The lowest BCUT2D eigenvalue weighted by molar-refractivity contribution is -0.120. The second-order valence-electron chi connectivity index (χ2n) is 6.61. The van der Waals surface area contributed by atoms with Gasteiger partial charge in [0.2, 0.25) is 5.91 Å². The summed E-state index contributed by atoms with van der Waals surface area (Å²) in [5.41, 5.74) is 4.51. The van der Waals surface area contributed by atoms with Crippen LogP contribution in [-0.4, -0.2) is 55.2 Å². The van der Waals surface area contributed by atoms with Gasteiger partial charge in [0.05, 0.1) is 19.6 Å². The number of carbonyl (C=O) groups excluding carboxylic acids is 1. The molecule has 0 spiro atoms. The highest BCUT2D eigenvalue weighted by Gasteiger charge is 2.13. The maximum Gasteiger partial charge on any atom is 0.224 e. The van der Waals surface area contributed by atoms with Crippen LogP contribution in [0.25, 0.3) is 10.9 Å². The van der Waals surface area contributed by atoms with Crippen molar-refractivity contribution < 1.29 is 9.53 Å². The van der Waals surface area contributed by atoms with Crippen molar-refractivity contribution in [2.45, 2.75) is 26.7 Å². The number of hydrogen-bond acceptors (Lipinski definition) is 3. The van der Waals surface area contributed by atoms with E-state index in [4.69, 9.17) is 4.74 Å². The average Bonchev–Trinajstić information content (AvgIpc) is 2.88. The molecule has 0 unspecified atom stereocenters. The van der Waals surface area contributed by atoms with E-state index >= 15 is 0 Å². The van der Waals surface area contributed by atoms with Gasteiger partial charge in [-0.15, -0.1) is 0 Å². The Labute approximate surface area is 143 Å². The Hall–Kier alpha value is -1.85. The average molecular weight is 329 g/mol. The van der Waals surface area contributed by atoms with Crippen molar-refractivity contribution in [1.82, 2.24) is 15.2 Å². The lowest BCUT2D eigenvalue weighted by Crippen LogP contribution is -2.38. The molecule has 0 aliphatic carbocycles. The van der Waals surface area contributed by atoms with Gasteiger partial charge < -0.3 is 15.0 Å². The minimum Gasteiger partial charge on any atom is -0.379 e. The zero-order chi connectivity index (χ0) is 16.9. The molecule has 2 aromatic rings. The third-order valence-electron chi connectivity index (χ3n) is 4.69. The number of hydrogen-bond donors (Lipinski definition) is 2. The Morgan fingerprint density at radius 1 is 1.29 bits per heavy atom. The van der Waals surface area contributed by atoms with Crippen molar-refractivity contribution in [2.24, 2.45) is 0 Å². The highest BCUT2D eigenvalue weighted by Crippen LogP contribution is 2.23. The number of nitrogens with zero attached hydrogens (tertiary/aromatic N) is 1. The third-order valence-corrected chi connectivity index (χ3v) is 4.69. The smallest absolute Gasteiger partial charge is 0.224 e. The van der Waals surface area contributed by atoms with Gasteiger partial charge >= 0.3 is 0 Å². The largest absolute Gasteiger partial charge is 0.379 e. The summed E-state index contributed by atoms with van der Waals surface area (Å²) in [5, 5.41) is 4.22. The van der Waals surface area contributed by atoms with Crippen LogP contribution < -0.4 is 5.32 Å². The molecule has 1 aromatic heterocycles. The number of fused-ring (bicyclic) bond motifs is 1. The van der Waals surface area contributed by atoms with Gasteiger partial charge in [0, 0.05) is 36.2 Å². The Bertz CT molecular complexity index is 702. The van der Waals surface area contributed by atoms with E-state index in [2.05, 4.69) is 40.3 Å². The quantitative estimate of drug-likeness (QED) is 0.799. The Morgan fingerprint density at radius 3 is 2.88 bits per heavy atom. The van der Waals surface area contributed by atoms with E-state index in [9.17, 15) is 4.79 Å². The highest BCUT2D eigenvalue weighted by atomic mass is 16.5. The molecule has 1 amide bonds. The lowest BCUT2D eigenvalue weighted by atomic mass is 10.1. The molecule has 1 aliphatic rings. The van der Waals surface area contributed by atoms with Gasteiger partial charge in [-0.3, -0.25) is 9.69 Å². The predicted octanol–water partition coefficient (Wildman–Crippen LogP) is 2.17. The van der Waals surface area contributed by atoms with Crippen molar-refractivity contribution in [3.8, 4) is 0 Å². The monoisotopic (exact) mass is 329 g/mol. The van der Waals surface area contributed by atoms with Gasteiger partial charge in [0.15, 0.2) is 0 Å². The van der Waals surface area contributed by atoms with Gasteiger partial charge in [-0.2, -0.15) is 0 Å². The van der Waals surface area contributed by atoms with Crippen LogP contribution >= 0.6 is 0 Å². The van der Waals surface area contributed by atoms with Gasteiger partial charge in [-0.1, -0.05) is 11.6 Å². The molecule has 0 saturated carbocycles. The van der Waals surface area contributed by atoms with Gasteiger partial charge in [-0.05, 0) is 44.5 Å². The number of ether oxygens (including phenoxy) is 1. The zero-order valence-corrected chi connectivity index (χ0v) is 14.7. The maximum atomic E-state index is 12.3. The molecule has 0 radical (unpaired) electrons. The summed E-state index contributed by atoms with van der Waals surface area (Å²) in [4.78, 5) is 18.0. The molecule has 1 fully saturated rings. The number of amides is 1. The molecule has 24 heavy (non-hydrogen) atoms. The van der Waals surface area contributed by atoms with Crippen LogP contribution in [0.5, 0.6) is 0 Å². The Morgan fingerprint density at radius 2 is 2.08 bits per heavy atom. The van der Waals surface area contributed by atoms with Crippen molar-refractivity contribution >= 4 is 16.8 Å². The molecular weight excluding hydrogens is 302 g/mol. The fraction of sp³-hybridized carbons (Fsp3) is 0.526. The molecule has 2 N–H and O–H groups in total. The first-order valence-corrected chi connectivity index (χ1v) is 8.78. The number of aryl methyl sites for hydroxylation is 2. The van der Waals surface area contributed by atoms with Crippen LogP contribution in [0.4, 0.5) is 0 Å². The van der Waals surface area contributed by atoms with E-state index in [-0.39, 0.29) is 5.91 Å². The first-order valence-electron chi connectivity index (χ1n) is 8.78. The fourth-order valence-electron chi connectivity index (χ4n) is 3.30. The number of nitrogens with one attached hydrogen (secondary N) is 2. The Kier molecular flexibility index (Phi) is 5.53. The summed E-state index contributed by atoms with van der Waals surface area (Å²) in [7, 11) is 0. The van der Waals surface area contributed by atoms with Crippen molar-refractivity contribution in [3.63, 3.8) is 0 Å². The van der Waals surface area contributed by atoms with E-state index in [1.54, 1.807) is 0 Å². The SMILES string of the molecule is Cc1ccc2[nH]c(C)c(CC(=O)NCCCN3CCOCC3)c2c1. The molecule has 1 saturated heterocycles. The topological polar surface area (TPSA) is 57.4 Å². The highest BCUT2D eigenvalue weighted by molar-refractivity contribution is 5.90. The van der Waals surface area contributed by atoms with Crippen molar-refractivity contribution in [1.29, 1.82) is 0 Å². The molecule has 130 valence electrons. The van der Waals surface area contributed by atoms with Crippen molar-refractivity contribution in [3.05, 3.63) is 35.0 Å². The van der Waals surface area contributed by atoms with E-state index in [0.29, 0.717) is 6.42 Å². The van der Waals surface area contributed by atoms with Crippen LogP contribution in [0.3, 0.4) is 0 Å². The molecule has 0 atom stereocenters. The summed E-state index contributed by atoms with van der Waals surface area (Å²) >= 11 is 0.